The summed E-state index contributed by atoms with van der Waals surface area (Å²) in [6, 6.07) is 3.96. The van der Waals surface area contributed by atoms with Gasteiger partial charge >= 0.3 is 0 Å². The van der Waals surface area contributed by atoms with Gasteiger partial charge < -0.3 is 15.4 Å². The highest BCUT2D eigenvalue weighted by Gasteiger charge is 2.33. The van der Waals surface area contributed by atoms with Crippen LogP contribution < -0.4 is 15.4 Å². The number of rotatable bonds is 4. The van der Waals surface area contributed by atoms with Gasteiger partial charge in [0.1, 0.15) is 17.1 Å². The van der Waals surface area contributed by atoms with E-state index in [-0.39, 0.29) is 17.2 Å². The largest absolute Gasteiger partial charge is 0.480 e. The summed E-state index contributed by atoms with van der Waals surface area (Å²) in [6.45, 7) is 0.552. The van der Waals surface area contributed by atoms with Crippen LogP contribution in [0.5, 0.6) is 5.75 Å². The molecule has 24 heavy (non-hydrogen) atoms. The summed E-state index contributed by atoms with van der Waals surface area (Å²) >= 11 is 0. The lowest BCUT2D eigenvalue weighted by molar-refractivity contribution is -0.127. The van der Waals surface area contributed by atoms with E-state index in [0.29, 0.717) is 25.1 Å². The average molecular weight is 332 g/mol. The first-order valence-electron chi connectivity index (χ1n) is 7.52. The Kier molecular flexibility index (Phi) is 4.20. The number of carbonyl (C=O) groups is 2. The number of primary amides is 1. The van der Waals surface area contributed by atoms with Gasteiger partial charge in [-0.1, -0.05) is 6.07 Å². The number of ether oxygens (including phenoxy) is 1. The summed E-state index contributed by atoms with van der Waals surface area (Å²) in [6.07, 6.45) is 3.71. The molecule has 0 saturated carbocycles. The molecule has 8 heteroatoms. The molecule has 2 heterocycles. The van der Waals surface area contributed by atoms with Gasteiger partial charge in [-0.3, -0.25) is 14.3 Å². The molecule has 126 valence electrons. The Morgan fingerprint density at radius 3 is 2.92 bits per heavy atom. The smallest absolute Gasteiger partial charge is 0.268 e. The molecule has 0 bridgehead atoms. The minimum Gasteiger partial charge on any atom is -0.480 e. The van der Waals surface area contributed by atoms with Gasteiger partial charge in [0.25, 0.3) is 11.8 Å². The molecule has 0 radical (unpaired) electrons. The van der Waals surface area contributed by atoms with Crippen LogP contribution in [0.3, 0.4) is 0 Å². The molecule has 0 spiro atoms. The Morgan fingerprint density at radius 1 is 1.46 bits per heavy atom. The second-order valence-electron chi connectivity index (χ2n) is 5.59. The monoisotopic (exact) mass is 332 g/mol. The maximum absolute atomic E-state index is 13.8. The lowest BCUT2D eigenvalue weighted by Gasteiger charge is -2.31. The van der Waals surface area contributed by atoms with Crippen molar-refractivity contribution >= 4 is 17.5 Å². The Labute approximate surface area is 137 Å². The standard InChI is InChI=1S/C16H17FN4O3/c1-20-9-10(8-19-20)21-7-3-6-13(16(21)23)24-12-5-2-4-11(17)14(12)15(18)22/h2,4-5,8-9,13H,3,6-7H2,1H3,(H2,18,22)/t13-/m0/s1. The highest BCUT2D eigenvalue weighted by atomic mass is 19.1. The van der Waals surface area contributed by atoms with E-state index in [1.807, 2.05) is 0 Å². The Hall–Kier alpha value is -2.90. The zero-order valence-electron chi connectivity index (χ0n) is 13.1. The molecule has 1 aromatic heterocycles. The number of nitrogens with zero attached hydrogens (tertiary/aromatic N) is 3. The maximum atomic E-state index is 13.8. The van der Waals surface area contributed by atoms with Gasteiger partial charge in [-0.25, -0.2) is 4.39 Å². The second-order valence-corrected chi connectivity index (χ2v) is 5.59. The van der Waals surface area contributed by atoms with E-state index in [2.05, 4.69) is 5.10 Å². The molecule has 1 atom stereocenters. The highest BCUT2D eigenvalue weighted by molar-refractivity contribution is 5.98. The Morgan fingerprint density at radius 2 is 2.25 bits per heavy atom. The fourth-order valence-corrected chi connectivity index (χ4v) is 2.75. The summed E-state index contributed by atoms with van der Waals surface area (Å²) in [7, 11) is 1.76. The van der Waals surface area contributed by atoms with Crippen LogP contribution in [0.25, 0.3) is 0 Å². The molecule has 1 aliphatic heterocycles. The first kappa shape index (κ1) is 16.0. The molecule has 7 nitrogen and oxygen atoms in total. The van der Waals surface area contributed by atoms with E-state index < -0.39 is 17.8 Å². The van der Waals surface area contributed by atoms with Crippen LogP contribution in [0.4, 0.5) is 10.1 Å². The van der Waals surface area contributed by atoms with Gasteiger partial charge in [0, 0.05) is 19.8 Å². The lowest BCUT2D eigenvalue weighted by Crippen LogP contribution is -2.47. The topological polar surface area (TPSA) is 90.5 Å². The molecule has 3 rings (SSSR count). The number of hydrogen-bond donors (Lipinski definition) is 1. The summed E-state index contributed by atoms with van der Waals surface area (Å²) in [5, 5.41) is 4.06. The molecular weight excluding hydrogens is 315 g/mol. The van der Waals surface area contributed by atoms with Crippen LogP contribution in [-0.2, 0) is 11.8 Å². The first-order chi connectivity index (χ1) is 11.5. The van der Waals surface area contributed by atoms with Crippen molar-refractivity contribution in [2.24, 2.45) is 12.8 Å². The fraction of sp³-hybridized carbons (Fsp3) is 0.312. The molecular formula is C16H17FN4O3. The number of hydrogen-bond acceptors (Lipinski definition) is 4. The average Bonchev–Trinajstić information content (AvgIpc) is 2.95. The quantitative estimate of drug-likeness (QED) is 0.912. The number of halogens is 1. The van der Waals surface area contributed by atoms with Gasteiger partial charge in [0.15, 0.2) is 6.10 Å². The van der Waals surface area contributed by atoms with Crippen molar-refractivity contribution in [3.05, 3.63) is 42.0 Å². The predicted molar refractivity (Wildman–Crippen MR) is 84.1 cm³/mol. The van der Waals surface area contributed by atoms with Crippen LogP contribution in [-0.4, -0.2) is 34.2 Å². The molecule has 0 unspecified atom stereocenters. The van der Waals surface area contributed by atoms with Crippen LogP contribution in [0.15, 0.2) is 30.6 Å². The SMILES string of the molecule is Cn1cc(N2CCC[C@H](Oc3cccc(F)c3C(N)=O)C2=O)cn1. The first-order valence-corrected chi connectivity index (χ1v) is 7.52. The zero-order valence-corrected chi connectivity index (χ0v) is 13.1. The predicted octanol–water partition coefficient (Wildman–Crippen LogP) is 1.23. The lowest BCUT2D eigenvalue weighted by atomic mass is 10.1. The van der Waals surface area contributed by atoms with Gasteiger partial charge in [-0.15, -0.1) is 0 Å². The number of carbonyl (C=O) groups excluding carboxylic acids is 2. The molecule has 2 aromatic rings. The normalized spacial score (nSPS) is 17.8. The van der Waals surface area contributed by atoms with E-state index in [1.54, 1.807) is 29.0 Å². The molecule has 0 aliphatic carbocycles. The van der Waals surface area contributed by atoms with Crippen LogP contribution in [0.2, 0.25) is 0 Å². The van der Waals surface area contributed by atoms with Crippen molar-refractivity contribution in [2.75, 3.05) is 11.4 Å². The molecule has 1 saturated heterocycles. The van der Waals surface area contributed by atoms with E-state index in [9.17, 15) is 14.0 Å². The van der Waals surface area contributed by atoms with Crippen molar-refractivity contribution < 1.29 is 18.7 Å². The summed E-state index contributed by atoms with van der Waals surface area (Å²) in [4.78, 5) is 25.7. The van der Waals surface area contributed by atoms with Crippen LogP contribution in [0.1, 0.15) is 23.2 Å². The summed E-state index contributed by atoms with van der Waals surface area (Å²) in [5.41, 5.74) is 5.54. The molecule has 2 amide bonds. The van der Waals surface area contributed by atoms with E-state index in [4.69, 9.17) is 10.5 Å². The second kappa shape index (κ2) is 6.31. The number of benzene rings is 1. The summed E-state index contributed by atoms with van der Waals surface area (Å²) in [5.74, 6) is -1.98. The van der Waals surface area contributed by atoms with Crippen LogP contribution >= 0.6 is 0 Å². The van der Waals surface area contributed by atoms with E-state index >= 15 is 0 Å². The van der Waals surface area contributed by atoms with Gasteiger partial charge in [-0.2, -0.15) is 5.10 Å². The number of nitrogens with two attached hydrogens (primary N) is 1. The van der Waals surface area contributed by atoms with Crippen molar-refractivity contribution in [1.29, 1.82) is 0 Å². The van der Waals surface area contributed by atoms with Gasteiger partial charge in [0.05, 0.1) is 11.9 Å². The third-order valence-electron chi connectivity index (χ3n) is 3.88. The minimum atomic E-state index is -0.935. The number of aryl methyl sites for hydroxylation is 1. The van der Waals surface area contributed by atoms with Crippen molar-refractivity contribution in [2.45, 2.75) is 18.9 Å². The fourth-order valence-electron chi connectivity index (χ4n) is 2.75. The minimum absolute atomic E-state index is 0.0195. The molecule has 1 aliphatic rings. The Balaban J connectivity index is 1.84. The van der Waals surface area contributed by atoms with Crippen molar-refractivity contribution in [3.63, 3.8) is 0 Å². The molecule has 1 aromatic carbocycles. The molecule has 1 fully saturated rings. The highest BCUT2D eigenvalue weighted by Crippen LogP contribution is 2.27. The molecule has 2 N–H and O–H groups in total. The van der Waals surface area contributed by atoms with Crippen LogP contribution in [0, 0.1) is 5.82 Å². The number of aromatic nitrogens is 2. The third kappa shape index (κ3) is 2.94. The maximum Gasteiger partial charge on any atom is 0.268 e. The van der Waals surface area contributed by atoms with E-state index in [1.165, 1.54) is 12.1 Å². The van der Waals surface area contributed by atoms with Gasteiger partial charge in [-0.05, 0) is 25.0 Å². The van der Waals surface area contributed by atoms with Crippen molar-refractivity contribution in [1.82, 2.24) is 9.78 Å². The van der Waals surface area contributed by atoms with Gasteiger partial charge in [0.2, 0.25) is 0 Å². The zero-order chi connectivity index (χ0) is 17.3. The van der Waals surface area contributed by atoms with E-state index in [0.717, 1.165) is 6.07 Å². The third-order valence-corrected chi connectivity index (χ3v) is 3.88. The number of piperidine rings is 1. The van der Waals surface area contributed by atoms with Crippen molar-refractivity contribution in [3.8, 4) is 5.75 Å². The number of amides is 2. The number of anilines is 1. The summed E-state index contributed by atoms with van der Waals surface area (Å²) < 4.78 is 21.1. The Bertz CT molecular complexity index is 789.